The van der Waals surface area contributed by atoms with Gasteiger partial charge in [0.1, 0.15) is 5.82 Å². The van der Waals surface area contributed by atoms with Crippen LogP contribution in [-0.4, -0.2) is 16.1 Å². The molecule has 1 atom stereocenters. The van der Waals surface area contributed by atoms with E-state index in [0.717, 1.165) is 46.5 Å². The molecule has 0 bridgehead atoms. The predicted octanol–water partition coefficient (Wildman–Crippen LogP) is 6.24. The zero-order valence-corrected chi connectivity index (χ0v) is 19.1. The molecule has 0 saturated heterocycles. The highest BCUT2D eigenvalue weighted by atomic mass is 16.4. The van der Waals surface area contributed by atoms with E-state index in [2.05, 4.69) is 73.5 Å². The number of nitrogens with one attached hydrogen (secondary N) is 1. The third-order valence-electron chi connectivity index (χ3n) is 6.39. The third kappa shape index (κ3) is 3.91. The Bertz CT molecular complexity index is 1350. The monoisotopic (exact) mass is 437 g/mol. The Balaban J connectivity index is 1.55. The molecule has 5 nitrogen and oxygen atoms in total. The number of aromatic nitrogens is 1. The number of benzene rings is 3. The molecule has 0 unspecified atom stereocenters. The number of rotatable bonds is 5. The summed E-state index contributed by atoms with van der Waals surface area (Å²) in [5.41, 5.74) is 7.89. The van der Waals surface area contributed by atoms with Crippen LogP contribution in [0.5, 0.6) is 0 Å². The van der Waals surface area contributed by atoms with Crippen molar-refractivity contribution in [3.63, 3.8) is 0 Å². The summed E-state index contributed by atoms with van der Waals surface area (Å²) >= 11 is 0. The van der Waals surface area contributed by atoms with Crippen molar-refractivity contribution in [2.45, 2.75) is 39.9 Å². The Morgan fingerprint density at radius 2 is 1.67 bits per heavy atom. The van der Waals surface area contributed by atoms with Gasteiger partial charge in [0, 0.05) is 29.7 Å². The van der Waals surface area contributed by atoms with Gasteiger partial charge in [0.05, 0.1) is 17.1 Å². The number of nitrogens with zero attached hydrogens (tertiary/aromatic N) is 2. The van der Waals surface area contributed by atoms with Crippen LogP contribution in [0.2, 0.25) is 0 Å². The molecule has 3 aromatic carbocycles. The molecule has 1 aliphatic rings. The van der Waals surface area contributed by atoms with Gasteiger partial charge < -0.3 is 15.3 Å². The minimum atomic E-state index is -0.941. The smallest absolute Gasteiger partial charge is 0.337 e. The topological polar surface area (TPSA) is 65.5 Å². The van der Waals surface area contributed by atoms with Crippen LogP contribution in [0.1, 0.15) is 51.1 Å². The molecule has 5 heteroatoms. The van der Waals surface area contributed by atoms with Gasteiger partial charge in [-0.15, -0.1) is 0 Å². The Morgan fingerprint density at radius 1 is 1.00 bits per heavy atom. The fraction of sp³-hybridized carbons (Fsp3) is 0.214. The number of carboxylic acid groups (broad SMARTS) is 1. The van der Waals surface area contributed by atoms with E-state index < -0.39 is 5.97 Å². The van der Waals surface area contributed by atoms with Crippen molar-refractivity contribution in [1.82, 2.24) is 4.98 Å². The number of anilines is 2. The number of hydrogen-bond donors (Lipinski definition) is 2. The number of aromatic carboxylic acids is 1. The van der Waals surface area contributed by atoms with Crippen LogP contribution in [-0.2, 0) is 13.1 Å². The first kappa shape index (κ1) is 21.0. The highest BCUT2D eigenvalue weighted by Gasteiger charge is 2.23. The second-order valence-electron chi connectivity index (χ2n) is 8.90. The van der Waals surface area contributed by atoms with Crippen molar-refractivity contribution in [3.8, 4) is 0 Å². The molecular weight excluding hydrogens is 410 g/mol. The van der Waals surface area contributed by atoms with Crippen LogP contribution < -0.4 is 10.2 Å². The highest BCUT2D eigenvalue weighted by Crippen LogP contribution is 2.34. The van der Waals surface area contributed by atoms with E-state index in [0.29, 0.717) is 5.69 Å². The minimum Gasteiger partial charge on any atom is -0.478 e. The molecule has 33 heavy (non-hydrogen) atoms. The maximum atomic E-state index is 11.7. The minimum absolute atomic E-state index is 0.119. The van der Waals surface area contributed by atoms with Gasteiger partial charge in [-0.2, -0.15) is 0 Å². The lowest BCUT2D eigenvalue weighted by Gasteiger charge is -2.23. The normalized spacial score (nSPS) is 13.7. The fourth-order valence-electron chi connectivity index (χ4n) is 4.81. The SMILES string of the molecule is Cc1cc([C@@H](C)Nc2ccccc2C(=O)O)c2nc(N3Cc4ccccc4C3)c(C)cc2c1. The molecule has 0 spiro atoms. The Labute approximate surface area is 193 Å². The van der Waals surface area contributed by atoms with E-state index in [1.807, 2.05) is 12.1 Å². The molecule has 0 fully saturated rings. The summed E-state index contributed by atoms with van der Waals surface area (Å²) < 4.78 is 0. The van der Waals surface area contributed by atoms with Gasteiger partial charge in [-0.1, -0.05) is 48.0 Å². The molecule has 4 aromatic rings. The average molecular weight is 438 g/mol. The van der Waals surface area contributed by atoms with E-state index in [1.54, 1.807) is 12.1 Å². The largest absolute Gasteiger partial charge is 0.478 e. The fourth-order valence-corrected chi connectivity index (χ4v) is 4.81. The Morgan fingerprint density at radius 3 is 2.36 bits per heavy atom. The molecular formula is C28H27N3O2. The van der Waals surface area contributed by atoms with Crippen molar-refractivity contribution in [2.24, 2.45) is 0 Å². The van der Waals surface area contributed by atoms with Gasteiger partial charge in [0.15, 0.2) is 0 Å². The molecule has 166 valence electrons. The van der Waals surface area contributed by atoms with Crippen molar-refractivity contribution in [3.05, 3.63) is 100 Å². The zero-order chi connectivity index (χ0) is 23.1. The van der Waals surface area contributed by atoms with Crippen molar-refractivity contribution >= 4 is 28.4 Å². The van der Waals surface area contributed by atoms with E-state index in [9.17, 15) is 9.90 Å². The standard InChI is InChI=1S/C28H27N3O2/c1-17-12-22-14-18(2)27(31-15-20-8-4-5-9-21(20)16-31)30-26(22)24(13-17)19(3)29-25-11-7-6-10-23(25)28(32)33/h4-14,19,29H,15-16H2,1-3H3,(H,32,33)/t19-/m1/s1. The molecule has 0 saturated carbocycles. The van der Waals surface area contributed by atoms with Crippen molar-refractivity contribution in [1.29, 1.82) is 0 Å². The number of aryl methyl sites for hydroxylation is 2. The van der Waals surface area contributed by atoms with Crippen LogP contribution in [0.3, 0.4) is 0 Å². The highest BCUT2D eigenvalue weighted by molar-refractivity contribution is 5.94. The van der Waals surface area contributed by atoms with Gasteiger partial charge in [0.25, 0.3) is 0 Å². The van der Waals surface area contributed by atoms with Crippen LogP contribution in [0.25, 0.3) is 10.9 Å². The van der Waals surface area contributed by atoms with Crippen LogP contribution >= 0.6 is 0 Å². The summed E-state index contributed by atoms with van der Waals surface area (Å²) in [6.07, 6.45) is 0. The van der Waals surface area contributed by atoms with E-state index in [4.69, 9.17) is 4.98 Å². The number of hydrogen-bond acceptors (Lipinski definition) is 4. The van der Waals surface area contributed by atoms with Crippen LogP contribution in [0.15, 0.2) is 66.7 Å². The van der Waals surface area contributed by atoms with E-state index in [-0.39, 0.29) is 11.6 Å². The van der Waals surface area contributed by atoms with Crippen LogP contribution in [0, 0.1) is 13.8 Å². The molecule has 0 radical (unpaired) electrons. The summed E-state index contributed by atoms with van der Waals surface area (Å²) in [5, 5.41) is 14.1. The zero-order valence-electron chi connectivity index (χ0n) is 19.1. The van der Waals surface area contributed by atoms with Gasteiger partial charge in [-0.25, -0.2) is 9.78 Å². The van der Waals surface area contributed by atoms with Crippen molar-refractivity contribution < 1.29 is 9.90 Å². The molecule has 0 amide bonds. The Hall–Kier alpha value is -3.86. The summed E-state index contributed by atoms with van der Waals surface area (Å²) in [4.78, 5) is 19.2. The molecule has 0 aliphatic carbocycles. The summed E-state index contributed by atoms with van der Waals surface area (Å²) in [7, 11) is 0. The average Bonchev–Trinajstić information content (AvgIpc) is 3.22. The predicted molar refractivity (Wildman–Crippen MR) is 133 cm³/mol. The number of para-hydroxylation sites is 1. The van der Waals surface area contributed by atoms with Crippen LogP contribution in [0.4, 0.5) is 11.5 Å². The number of carbonyl (C=O) groups is 1. The molecule has 1 aromatic heterocycles. The first-order chi connectivity index (χ1) is 15.9. The van der Waals surface area contributed by atoms with Gasteiger partial charge in [-0.3, -0.25) is 0 Å². The lowest BCUT2D eigenvalue weighted by atomic mass is 9.99. The lowest BCUT2D eigenvalue weighted by Crippen LogP contribution is -2.18. The maximum Gasteiger partial charge on any atom is 0.337 e. The van der Waals surface area contributed by atoms with Gasteiger partial charge in [0.2, 0.25) is 0 Å². The van der Waals surface area contributed by atoms with Gasteiger partial charge in [-0.05, 0) is 61.7 Å². The van der Waals surface area contributed by atoms with Crippen molar-refractivity contribution in [2.75, 3.05) is 10.2 Å². The second kappa shape index (κ2) is 8.24. The van der Waals surface area contributed by atoms with Gasteiger partial charge >= 0.3 is 5.97 Å². The summed E-state index contributed by atoms with van der Waals surface area (Å²) in [6.45, 7) is 7.98. The molecule has 2 N–H and O–H groups in total. The first-order valence-corrected chi connectivity index (χ1v) is 11.2. The third-order valence-corrected chi connectivity index (χ3v) is 6.39. The summed E-state index contributed by atoms with van der Waals surface area (Å²) in [5.74, 6) is 0.0611. The molecule has 5 rings (SSSR count). The Kier molecular flexibility index (Phi) is 5.25. The number of carboxylic acids is 1. The second-order valence-corrected chi connectivity index (χ2v) is 8.90. The van der Waals surface area contributed by atoms with E-state index >= 15 is 0 Å². The van der Waals surface area contributed by atoms with E-state index in [1.165, 1.54) is 11.1 Å². The lowest BCUT2D eigenvalue weighted by molar-refractivity contribution is 0.0698. The number of pyridine rings is 1. The quantitative estimate of drug-likeness (QED) is 0.387. The molecule has 2 heterocycles. The maximum absolute atomic E-state index is 11.7. The summed E-state index contributed by atoms with van der Waals surface area (Å²) in [6, 6.07) is 22.0. The molecule has 1 aliphatic heterocycles. The first-order valence-electron chi connectivity index (χ1n) is 11.2. The number of fused-ring (bicyclic) bond motifs is 2.